The van der Waals surface area contributed by atoms with Crippen LogP contribution in [-0.2, 0) is 14.8 Å². The summed E-state index contributed by atoms with van der Waals surface area (Å²) in [5.41, 5.74) is 3.01. The minimum atomic E-state index is -3.49. The number of nitrogens with one attached hydrogen (secondary N) is 1. The van der Waals surface area contributed by atoms with Crippen LogP contribution in [-0.4, -0.2) is 33.2 Å². The maximum absolute atomic E-state index is 13.1. The lowest BCUT2D eigenvalue weighted by Gasteiger charge is -2.20. The van der Waals surface area contributed by atoms with Gasteiger partial charge in [0.1, 0.15) is 5.75 Å². The zero-order valence-corrected chi connectivity index (χ0v) is 17.3. The maximum atomic E-state index is 13.1. The molecule has 0 aliphatic carbocycles. The van der Waals surface area contributed by atoms with Crippen LogP contribution in [0.2, 0.25) is 0 Å². The fourth-order valence-electron chi connectivity index (χ4n) is 3.53. The van der Waals surface area contributed by atoms with Crippen molar-refractivity contribution in [2.75, 3.05) is 22.4 Å². The van der Waals surface area contributed by atoms with Gasteiger partial charge in [-0.15, -0.1) is 0 Å². The number of sulfonamides is 1. The first-order valence-electron chi connectivity index (χ1n) is 9.62. The minimum Gasteiger partial charge on any atom is -0.478 e. The molecule has 0 saturated carbocycles. The van der Waals surface area contributed by atoms with Crippen LogP contribution in [0.15, 0.2) is 78.9 Å². The highest BCUT2D eigenvalue weighted by atomic mass is 32.2. The van der Waals surface area contributed by atoms with Crippen molar-refractivity contribution in [3.8, 4) is 16.9 Å². The number of fused-ring (bicyclic) bond motifs is 1. The summed E-state index contributed by atoms with van der Waals surface area (Å²) in [6, 6.07) is 24.2. The van der Waals surface area contributed by atoms with Crippen molar-refractivity contribution in [2.24, 2.45) is 0 Å². The Morgan fingerprint density at radius 2 is 1.63 bits per heavy atom. The van der Waals surface area contributed by atoms with Gasteiger partial charge in [-0.25, -0.2) is 8.42 Å². The lowest BCUT2D eigenvalue weighted by Crippen LogP contribution is -2.36. The average Bonchev–Trinajstić information content (AvgIpc) is 2.94. The monoisotopic (exact) mass is 422 g/mol. The number of rotatable bonds is 4. The number of nitrogens with zero attached hydrogens (tertiary/aromatic N) is 1. The standard InChI is InChI=1S/C23H22N2O4S/c1-30(27,28)25-16-15-22(29-21-14-8-7-13-20(21)25)23(26)24-19-12-6-5-11-18(19)17-9-3-2-4-10-17/h2-14,22H,15-16H2,1H3,(H,24,26)/t22-/m0/s1. The number of ether oxygens (including phenoxy) is 1. The summed E-state index contributed by atoms with van der Waals surface area (Å²) in [4.78, 5) is 13.1. The number of carbonyl (C=O) groups excluding carboxylic acids is 1. The number of anilines is 2. The fraction of sp³-hybridized carbons (Fsp3) is 0.174. The van der Waals surface area contributed by atoms with Gasteiger partial charge in [-0.05, 0) is 23.8 Å². The zero-order valence-electron chi connectivity index (χ0n) is 16.5. The Morgan fingerprint density at radius 3 is 2.40 bits per heavy atom. The van der Waals surface area contributed by atoms with Crippen molar-refractivity contribution < 1.29 is 17.9 Å². The number of hydrogen-bond acceptors (Lipinski definition) is 4. The van der Waals surface area contributed by atoms with Gasteiger partial charge in [0.2, 0.25) is 10.0 Å². The predicted octanol–water partition coefficient (Wildman–Crippen LogP) is 3.91. The molecule has 1 aliphatic rings. The quantitative estimate of drug-likeness (QED) is 0.692. The first kappa shape index (κ1) is 20.0. The lowest BCUT2D eigenvalue weighted by molar-refractivity contribution is -0.122. The summed E-state index contributed by atoms with van der Waals surface area (Å²) in [7, 11) is -3.49. The predicted molar refractivity (Wildman–Crippen MR) is 118 cm³/mol. The van der Waals surface area contributed by atoms with Crippen LogP contribution in [0.5, 0.6) is 5.75 Å². The van der Waals surface area contributed by atoms with Crippen LogP contribution in [0.3, 0.4) is 0 Å². The molecule has 1 atom stereocenters. The molecule has 1 heterocycles. The van der Waals surface area contributed by atoms with E-state index in [1.54, 1.807) is 24.3 Å². The number of amides is 1. The van der Waals surface area contributed by atoms with Gasteiger partial charge in [-0.2, -0.15) is 0 Å². The normalized spacial score (nSPS) is 16.2. The second kappa shape index (κ2) is 8.20. The van der Waals surface area contributed by atoms with E-state index in [1.807, 2.05) is 54.6 Å². The first-order valence-corrected chi connectivity index (χ1v) is 11.5. The Balaban J connectivity index is 1.60. The molecule has 6 nitrogen and oxygen atoms in total. The minimum absolute atomic E-state index is 0.161. The van der Waals surface area contributed by atoms with Gasteiger partial charge in [0.25, 0.3) is 5.91 Å². The van der Waals surface area contributed by atoms with Crippen LogP contribution in [0.4, 0.5) is 11.4 Å². The van der Waals surface area contributed by atoms with Gasteiger partial charge in [0.15, 0.2) is 6.10 Å². The molecule has 3 aromatic rings. The van der Waals surface area contributed by atoms with E-state index < -0.39 is 16.1 Å². The molecular formula is C23H22N2O4S. The van der Waals surface area contributed by atoms with Crippen molar-refractivity contribution in [2.45, 2.75) is 12.5 Å². The Morgan fingerprint density at radius 1 is 0.967 bits per heavy atom. The van der Waals surface area contributed by atoms with Gasteiger partial charge in [-0.3, -0.25) is 9.10 Å². The van der Waals surface area contributed by atoms with Crippen molar-refractivity contribution in [3.63, 3.8) is 0 Å². The number of carbonyl (C=O) groups is 1. The molecule has 4 rings (SSSR count). The summed E-state index contributed by atoms with van der Waals surface area (Å²) in [5.74, 6) is 0.0560. The summed E-state index contributed by atoms with van der Waals surface area (Å²) in [6.45, 7) is 0.161. The molecule has 0 fully saturated rings. The van der Waals surface area contributed by atoms with Crippen LogP contribution in [0.1, 0.15) is 6.42 Å². The van der Waals surface area contributed by atoms with Crippen LogP contribution < -0.4 is 14.4 Å². The van der Waals surface area contributed by atoms with Gasteiger partial charge < -0.3 is 10.1 Å². The molecule has 154 valence electrons. The van der Waals surface area contributed by atoms with Crippen LogP contribution in [0.25, 0.3) is 11.1 Å². The van der Waals surface area contributed by atoms with Gasteiger partial charge in [0, 0.05) is 24.2 Å². The molecule has 0 unspecified atom stereocenters. The number of hydrogen-bond donors (Lipinski definition) is 1. The molecule has 0 saturated heterocycles. The molecule has 0 spiro atoms. The molecule has 30 heavy (non-hydrogen) atoms. The highest BCUT2D eigenvalue weighted by Crippen LogP contribution is 2.34. The van der Waals surface area contributed by atoms with Crippen molar-refractivity contribution in [3.05, 3.63) is 78.9 Å². The van der Waals surface area contributed by atoms with Crippen molar-refractivity contribution in [1.82, 2.24) is 0 Å². The molecule has 1 N–H and O–H groups in total. The highest BCUT2D eigenvalue weighted by molar-refractivity contribution is 7.92. The maximum Gasteiger partial charge on any atom is 0.265 e. The average molecular weight is 423 g/mol. The van der Waals surface area contributed by atoms with E-state index in [4.69, 9.17) is 4.74 Å². The Bertz CT molecular complexity index is 1160. The second-order valence-electron chi connectivity index (χ2n) is 7.10. The summed E-state index contributed by atoms with van der Waals surface area (Å²) >= 11 is 0. The zero-order chi connectivity index (χ0) is 21.1. The smallest absolute Gasteiger partial charge is 0.265 e. The van der Waals surface area contributed by atoms with E-state index in [0.717, 1.165) is 17.4 Å². The van der Waals surface area contributed by atoms with Gasteiger partial charge in [-0.1, -0.05) is 60.7 Å². The SMILES string of the molecule is CS(=O)(=O)N1CC[C@@H](C(=O)Nc2ccccc2-c2ccccc2)Oc2ccccc21. The van der Waals surface area contributed by atoms with Crippen LogP contribution >= 0.6 is 0 Å². The van der Waals surface area contributed by atoms with E-state index in [2.05, 4.69) is 5.32 Å². The summed E-state index contributed by atoms with van der Waals surface area (Å²) in [6.07, 6.45) is 0.572. The molecule has 3 aromatic carbocycles. The third-order valence-electron chi connectivity index (χ3n) is 4.96. The Labute approximate surface area is 176 Å². The number of para-hydroxylation sites is 3. The third kappa shape index (κ3) is 4.16. The van der Waals surface area contributed by atoms with Gasteiger partial charge in [0.05, 0.1) is 11.9 Å². The van der Waals surface area contributed by atoms with Gasteiger partial charge >= 0.3 is 0 Å². The lowest BCUT2D eigenvalue weighted by atomic mass is 10.0. The summed E-state index contributed by atoms with van der Waals surface area (Å²) < 4.78 is 31.7. The Hall–Kier alpha value is -3.32. The molecule has 0 aromatic heterocycles. The second-order valence-corrected chi connectivity index (χ2v) is 9.01. The highest BCUT2D eigenvalue weighted by Gasteiger charge is 2.31. The largest absolute Gasteiger partial charge is 0.478 e. The van der Waals surface area contributed by atoms with Crippen molar-refractivity contribution >= 4 is 27.3 Å². The molecular weight excluding hydrogens is 400 g/mol. The van der Waals surface area contributed by atoms with E-state index in [0.29, 0.717) is 17.1 Å². The molecule has 1 aliphatic heterocycles. The topological polar surface area (TPSA) is 75.7 Å². The van der Waals surface area contributed by atoms with E-state index >= 15 is 0 Å². The fourth-order valence-corrected chi connectivity index (χ4v) is 4.48. The van der Waals surface area contributed by atoms with E-state index in [9.17, 15) is 13.2 Å². The summed E-state index contributed by atoms with van der Waals surface area (Å²) in [5, 5.41) is 2.96. The van der Waals surface area contributed by atoms with E-state index in [1.165, 1.54) is 4.31 Å². The molecule has 0 radical (unpaired) electrons. The number of benzene rings is 3. The van der Waals surface area contributed by atoms with Crippen LogP contribution in [0, 0.1) is 0 Å². The van der Waals surface area contributed by atoms with E-state index in [-0.39, 0.29) is 18.9 Å². The molecule has 1 amide bonds. The first-order chi connectivity index (χ1) is 14.4. The van der Waals surface area contributed by atoms with Crippen molar-refractivity contribution in [1.29, 1.82) is 0 Å². The molecule has 0 bridgehead atoms. The third-order valence-corrected chi connectivity index (χ3v) is 6.14. The Kier molecular flexibility index (Phi) is 5.46. The molecule has 7 heteroatoms.